The Morgan fingerprint density at radius 2 is 1.12 bits per heavy atom. The topological polar surface area (TPSA) is 42.5 Å². The Morgan fingerprint density at radius 3 is 1.54 bits per heavy atom. The second kappa shape index (κ2) is 7.76. The summed E-state index contributed by atoms with van der Waals surface area (Å²) in [5.74, 6) is 0. The standard InChI is InChI=1S/C14H26F6N2O2/c1-10(2,3)21-7-13(17,18)24-9-14(19,20)23-8-12(15,16)22-11(4,5)6/h21-22H,7-9H2,1-6H3. The molecule has 146 valence electrons. The zero-order valence-corrected chi connectivity index (χ0v) is 14.7. The molecule has 0 radical (unpaired) electrons. The van der Waals surface area contributed by atoms with E-state index in [1.54, 1.807) is 26.1 Å². The first-order valence-electron chi connectivity index (χ1n) is 7.28. The Balaban J connectivity index is 4.44. The van der Waals surface area contributed by atoms with E-state index in [1.165, 1.54) is 20.8 Å². The van der Waals surface area contributed by atoms with Crippen LogP contribution in [0.25, 0.3) is 0 Å². The van der Waals surface area contributed by atoms with Crippen LogP contribution >= 0.6 is 0 Å². The minimum absolute atomic E-state index is 0.674. The van der Waals surface area contributed by atoms with Gasteiger partial charge in [0.25, 0.3) is 0 Å². The fraction of sp³-hybridized carbons (Fsp3) is 1.00. The van der Waals surface area contributed by atoms with Crippen molar-refractivity contribution in [1.29, 1.82) is 0 Å². The SMILES string of the molecule is CC(C)(C)NCC(F)(F)OCC(F)(F)OCC(F)(F)NC(C)(C)C. The zero-order valence-electron chi connectivity index (χ0n) is 14.7. The van der Waals surface area contributed by atoms with E-state index >= 15 is 0 Å². The van der Waals surface area contributed by atoms with Gasteiger partial charge in [0.2, 0.25) is 0 Å². The summed E-state index contributed by atoms with van der Waals surface area (Å²) in [6.07, 6.45) is -8.18. The van der Waals surface area contributed by atoms with Crippen molar-refractivity contribution in [2.24, 2.45) is 0 Å². The Hall–Kier alpha value is -0.580. The van der Waals surface area contributed by atoms with Crippen LogP contribution in [0.15, 0.2) is 0 Å². The van der Waals surface area contributed by atoms with Gasteiger partial charge in [-0.3, -0.25) is 5.32 Å². The van der Waals surface area contributed by atoms with Crippen molar-refractivity contribution < 1.29 is 35.8 Å². The first-order valence-corrected chi connectivity index (χ1v) is 7.28. The minimum Gasteiger partial charge on any atom is -0.311 e. The Labute approximate surface area is 138 Å². The first-order chi connectivity index (χ1) is 10.3. The third kappa shape index (κ3) is 12.8. The van der Waals surface area contributed by atoms with Crippen LogP contribution in [-0.4, -0.2) is 49.1 Å². The fourth-order valence-electron chi connectivity index (χ4n) is 1.43. The van der Waals surface area contributed by atoms with Crippen LogP contribution in [0.3, 0.4) is 0 Å². The number of halogens is 6. The predicted octanol–water partition coefficient (Wildman–Crippen LogP) is 3.57. The van der Waals surface area contributed by atoms with Crippen molar-refractivity contribution >= 4 is 0 Å². The van der Waals surface area contributed by atoms with Crippen molar-refractivity contribution in [1.82, 2.24) is 10.6 Å². The van der Waals surface area contributed by atoms with Gasteiger partial charge < -0.3 is 14.8 Å². The molecule has 0 amide bonds. The maximum atomic E-state index is 13.4. The molecule has 0 rings (SSSR count). The Bertz CT molecular complexity index is 392. The molecule has 10 heteroatoms. The molecule has 0 saturated heterocycles. The molecule has 0 bridgehead atoms. The molecule has 0 aromatic carbocycles. The average molecular weight is 368 g/mol. The molecule has 0 aromatic rings. The minimum atomic E-state index is -4.28. The second-order valence-electron chi connectivity index (χ2n) is 7.54. The molecule has 0 saturated carbocycles. The predicted molar refractivity (Wildman–Crippen MR) is 77.4 cm³/mol. The molecular formula is C14H26F6N2O2. The van der Waals surface area contributed by atoms with Gasteiger partial charge in [-0.05, 0) is 41.5 Å². The van der Waals surface area contributed by atoms with Crippen LogP contribution in [0.1, 0.15) is 41.5 Å². The van der Waals surface area contributed by atoms with Gasteiger partial charge >= 0.3 is 18.3 Å². The lowest BCUT2D eigenvalue weighted by atomic mass is 10.1. The summed E-state index contributed by atoms with van der Waals surface area (Å²) < 4.78 is 87.7. The fourth-order valence-corrected chi connectivity index (χ4v) is 1.43. The van der Waals surface area contributed by atoms with Crippen molar-refractivity contribution in [3.05, 3.63) is 0 Å². The number of hydrogen-bond acceptors (Lipinski definition) is 4. The molecule has 0 aliphatic heterocycles. The van der Waals surface area contributed by atoms with Gasteiger partial charge in [-0.25, -0.2) is 0 Å². The highest BCUT2D eigenvalue weighted by Gasteiger charge is 2.42. The molecule has 0 atom stereocenters. The molecule has 0 aliphatic rings. The van der Waals surface area contributed by atoms with E-state index in [2.05, 4.69) is 14.8 Å². The Morgan fingerprint density at radius 1 is 0.667 bits per heavy atom. The lowest BCUT2D eigenvalue weighted by molar-refractivity contribution is -0.333. The molecular weight excluding hydrogens is 342 g/mol. The summed E-state index contributed by atoms with van der Waals surface area (Å²) in [4.78, 5) is 0. The second-order valence-corrected chi connectivity index (χ2v) is 7.54. The summed E-state index contributed by atoms with van der Waals surface area (Å²) in [6, 6.07) is -3.75. The van der Waals surface area contributed by atoms with Crippen LogP contribution in [0, 0.1) is 0 Å². The van der Waals surface area contributed by atoms with E-state index in [4.69, 9.17) is 0 Å². The van der Waals surface area contributed by atoms with Crippen LogP contribution in [0.5, 0.6) is 0 Å². The summed E-state index contributed by atoms with van der Waals surface area (Å²) in [5.41, 5.74) is -1.73. The molecule has 0 fully saturated rings. The summed E-state index contributed by atoms with van der Waals surface area (Å²) in [5, 5.41) is 4.18. The van der Waals surface area contributed by atoms with Crippen LogP contribution < -0.4 is 10.6 Å². The molecule has 0 unspecified atom stereocenters. The average Bonchev–Trinajstić information content (AvgIpc) is 2.29. The molecule has 0 aromatic heterocycles. The highest BCUT2D eigenvalue weighted by molar-refractivity contribution is 4.77. The van der Waals surface area contributed by atoms with Crippen LogP contribution in [0.2, 0.25) is 0 Å². The molecule has 0 heterocycles. The highest BCUT2D eigenvalue weighted by atomic mass is 19.3. The quantitative estimate of drug-likeness (QED) is 0.482. The largest absolute Gasteiger partial charge is 0.379 e. The number of ether oxygens (including phenoxy) is 2. The van der Waals surface area contributed by atoms with Crippen molar-refractivity contribution in [2.45, 2.75) is 70.9 Å². The van der Waals surface area contributed by atoms with Gasteiger partial charge in [-0.2, -0.15) is 26.3 Å². The molecule has 24 heavy (non-hydrogen) atoms. The first kappa shape index (κ1) is 23.4. The van der Waals surface area contributed by atoms with Crippen molar-refractivity contribution in [2.75, 3.05) is 19.8 Å². The summed E-state index contributed by atoms with van der Waals surface area (Å²) in [6.45, 7) is 4.49. The van der Waals surface area contributed by atoms with E-state index in [0.29, 0.717) is 0 Å². The summed E-state index contributed by atoms with van der Waals surface area (Å²) >= 11 is 0. The third-order valence-electron chi connectivity index (χ3n) is 2.30. The van der Waals surface area contributed by atoms with E-state index in [1.807, 2.05) is 0 Å². The molecule has 0 aliphatic carbocycles. The van der Waals surface area contributed by atoms with E-state index in [0.717, 1.165) is 0 Å². The smallest absolute Gasteiger partial charge is 0.311 e. The van der Waals surface area contributed by atoms with E-state index in [-0.39, 0.29) is 0 Å². The maximum absolute atomic E-state index is 13.4. The zero-order chi connectivity index (χ0) is 19.4. The van der Waals surface area contributed by atoms with Gasteiger partial charge in [0.1, 0.15) is 13.2 Å². The Kier molecular flexibility index (Phi) is 7.57. The monoisotopic (exact) mass is 368 g/mol. The van der Waals surface area contributed by atoms with Crippen LogP contribution in [-0.2, 0) is 9.47 Å². The molecule has 2 N–H and O–H groups in total. The number of nitrogens with one attached hydrogen (secondary N) is 2. The normalized spacial score (nSPS) is 15.0. The maximum Gasteiger partial charge on any atom is 0.379 e. The van der Waals surface area contributed by atoms with E-state index in [9.17, 15) is 26.3 Å². The van der Waals surface area contributed by atoms with Gasteiger partial charge in [0, 0.05) is 11.1 Å². The van der Waals surface area contributed by atoms with Crippen molar-refractivity contribution in [3.63, 3.8) is 0 Å². The van der Waals surface area contributed by atoms with Gasteiger partial charge in [-0.15, -0.1) is 0 Å². The molecule has 4 nitrogen and oxygen atoms in total. The number of alkyl halides is 6. The lowest BCUT2D eigenvalue weighted by Crippen LogP contribution is -2.52. The van der Waals surface area contributed by atoms with Crippen LogP contribution in [0.4, 0.5) is 26.3 Å². The third-order valence-corrected chi connectivity index (χ3v) is 2.30. The summed E-state index contributed by atoms with van der Waals surface area (Å²) in [7, 11) is 0. The highest BCUT2D eigenvalue weighted by Crippen LogP contribution is 2.25. The van der Waals surface area contributed by atoms with Gasteiger partial charge in [-0.1, -0.05) is 0 Å². The van der Waals surface area contributed by atoms with Gasteiger partial charge in [0.15, 0.2) is 0 Å². The van der Waals surface area contributed by atoms with Crippen molar-refractivity contribution in [3.8, 4) is 0 Å². The lowest BCUT2D eigenvalue weighted by Gasteiger charge is -2.30. The number of hydrogen-bond donors (Lipinski definition) is 2. The number of rotatable bonds is 9. The van der Waals surface area contributed by atoms with Gasteiger partial charge in [0.05, 0.1) is 6.54 Å². The molecule has 0 spiro atoms. The van der Waals surface area contributed by atoms with E-state index < -0.39 is 49.1 Å².